The first-order chi connectivity index (χ1) is 9.98. The lowest BCUT2D eigenvalue weighted by Crippen LogP contribution is -2.30. The number of nitrogens with zero attached hydrogens (tertiary/aromatic N) is 4. The third-order valence-electron chi connectivity index (χ3n) is 3.64. The van der Waals surface area contributed by atoms with Gasteiger partial charge in [0.15, 0.2) is 0 Å². The van der Waals surface area contributed by atoms with Gasteiger partial charge in [-0.2, -0.15) is 19.3 Å². The van der Waals surface area contributed by atoms with Crippen molar-refractivity contribution in [2.75, 3.05) is 13.1 Å². The maximum Gasteiger partial charge on any atom is 0.243 e. The summed E-state index contributed by atoms with van der Waals surface area (Å²) in [6.45, 7) is 2.33. The van der Waals surface area contributed by atoms with E-state index >= 15 is 0 Å². The molecule has 1 fully saturated rings. The molecule has 1 unspecified atom stereocenters. The van der Waals surface area contributed by atoms with Crippen molar-refractivity contribution in [2.45, 2.75) is 24.3 Å². The first-order valence-electron chi connectivity index (χ1n) is 6.60. The fourth-order valence-corrected chi connectivity index (χ4v) is 4.27. The summed E-state index contributed by atoms with van der Waals surface area (Å²) in [5, 5.41) is 8.10. The number of benzene rings is 1. The van der Waals surface area contributed by atoms with E-state index in [-0.39, 0.29) is 10.9 Å². The molecule has 1 aliphatic rings. The van der Waals surface area contributed by atoms with Crippen molar-refractivity contribution in [1.29, 1.82) is 0 Å². The number of aryl methyl sites for hydroxylation is 1. The molecule has 0 aliphatic carbocycles. The highest BCUT2D eigenvalue weighted by atomic mass is 32.2. The SMILES string of the molecule is Cc1cc(F)ccc1S(=O)(=O)N1CCC(n2nccn2)C1. The van der Waals surface area contributed by atoms with E-state index in [2.05, 4.69) is 10.2 Å². The molecule has 0 spiro atoms. The fourth-order valence-electron chi connectivity index (χ4n) is 2.57. The van der Waals surface area contributed by atoms with E-state index in [0.29, 0.717) is 25.1 Å². The van der Waals surface area contributed by atoms with E-state index in [1.54, 1.807) is 19.3 Å². The van der Waals surface area contributed by atoms with Crippen molar-refractivity contribution in [1.82, 2.24) is 19.3 Å². The van der Waals surface area contributed by atoms with Crippen LogP contribution in [0.15, 0.2) is 35.5 Å². The molecule has 0 N–H and O–H groups in total. The Morgan fingerprint density at radius 2 is 2.00 bits per heavy atom. The Morgan fingerprint density at radius 3 is 2.67 bits per heavy atom. The van der Waals surface area contributed by atoms with Crippen LogP contribution in [0.4, 0.5) is 4.39 Å². The van der Waals surface area contributed by atoms with Crippen LogP contribution in [0.5, 0.6) is 0 Å². The molecule has 1 atom stereocenters. The third-order valence-corrected chi connectivity index (χ3v) is 5.67. The van der Waals surface area contributed by atoms with Crippen LogP contribution in [0.3, 0.4) is 0 Å². The van der Waals surface area contributed by atoms with Crippen molar-refractivity contribution in [2.24, 2.45) is 0 Å². The first-order valence-corrected chi connectivity index (χ1v) is 8.04. The smallest absolute Gasteiger partial charge is 0.207 e. The number of hydrogen-bond donors (Lipinski definition) is 0. The average Bonchev–Trinajstić information content (AvgIpc) is 3.09. The Morgan fingerprint density at radius 1 is 1.29 bits per heavy atom. The average molecular weight is 310 g/mol. The summed E-state index contributed by atoms with van der Waals surface area (Å²) in [5.74, 6) is -0.438. The molecular formula is C13H15FN4O2S. The second kappa shape index (κ2) is 5.19. The van der Waals surface area contributed by atoms with Crippen molar-refractivity contribution in [3.63, 3.8) is 0 Å². The molecule has 6 nitrogen and oxygen atoms in total. The molecule has 1 saturated heterocycles. The van der Waals surface area contributed by atoms with Gasteiger partial charge in [0.1, 0.15) is 5.82 Å². The van der Waals surface area contributed by atoms with Gasteiger partial charge in [-0.3, -0.25) is 0 Å². The van der Waals surface area contributed by atoms with E-state index in [9.17, 15) is 12.8 Å². The molecule has 0 amide bonds. The third kappa shape index (κ3) is 2.56. The zero-order valence-corrected chi connectivity index (χ0v) is 12.3. The van der Waals surface area contributed by atoms with Crippen molar-refractivity contribution >= 4 is 10.0 Å². The van der Waals surface area contributed by atoms with Crippen LogP contribution in [0.2, 0.25) is 0 Å². The zero-order valence-electron chi connectivity index (χ0n) is 11.5. The number of hydrogen-bond acceptors (Lipinski definition) is 4. The fraction of sp³-hybridized carbons (Fsp3) is 0.385. The molecule has 0 saturated carbocycles. The van der Waals surface area contributed by atoms with Crippen LogP contribution < -0.4 is 0 Å². The lowest BCUT2D eigenvalue weighted by Gasteiger charge is -2.17. The zero-order chi connectivity index (χ0) is 15.0. The largest absolute Gasteiger partial charge is 0.243 e. The van der Waals surface area contributed by atoms with Gasteiger partial charge in [-0.05, 0) is 37.1 Å². The molecule has 21 heavy (non-hydrogen) atoms. The van der Waals surface area contributed by atoms with E-state index in [1.807, 2.05) is 0 Å². The minimum atomic E-state index is -3.61. The van der Waals surface area contributed by atoms with E-state index in [1.165, 1.54) is 27.3 Å². The van der Waals surface area contributed by atoms with E-state index in [4.69, 9.17) is 0 Å². The lowest BCUT2D eigenvalue weighted by atomic mass is 10.2. The van der Waals surface area contributed by atoms with Crippen LogP contribution in [0.25, 0.3) is 0 Å². The molecule has 2 aromatic rings. The molecule has 1 aromatic carbocycles. The van der Waals surface area contributed by atoms with Crippen LogP contribution in [-0.4, -0.2) is 40.8 Å². The summed E-state index contributed by atoms with van der Waals surface area (Å²) >= 11 is 0. The Bertz CT molecular complexity index is 746. The standard InChI is InChI=1S/C13H15FN4O2S/c1-10-8-11(14)2-3-13(10)21(19,20)17-7-4-12(9-17)18-15-5-6-16-18/h2-3,5-6,8,12H,4,7,9H2,1H3. The maximum absolute atomic E-state index is 13.1. The van der Waals surface area contributed by atoms with E-state index < -0.39 is 15.8 Å². The van der Waals surface area contributed by atoms with Gasteiger partial charge in [0, 0.05) is 13.1 Å². The van der Waals surface area contributed by atoms with Gasteiger partial charge in [-0.15, -0.1) is 0 Å². The maximum atomic E-state index is 13.1. The molecular weight excluding hydrogens is 295 g/mol. The summed E-state index contributed by atoms with van der Waals surface area (Å²) in [7, 11) is -3.61. The van der Waals surface area contributed by atoms with Gasteiger partial charge >= 0.3 is 0 Å². The normalized spacial score (nSPS) is 20.0. The molecule has 1 aliphatic heterocycles. The molecule has 112 valence electrons. The van der Waals surface area contributed by atoms with Crippen molar-refractivity contribution in [3.8, 4) is 0 Å². The molecule has 2 heterocycles. The quantitative estimate of drug-likeness (QED) is 0.858. The number of sulfonamides is 1. The van der Waals surface area contributed by atoms with E-state index in [0.717, 1.165) is 0 Å². The highest BCUT2D eigenvalue weighted by Gasteiger charge is 2.34. The van der Waals surface area contributed by atoms with Gasteiger partial charge in [0.05, 0.1) is 23.3 Å². The van der Waals surface area contributed by atoms with Gasteiger partial charge in [-0.25, -0.2) is 12.8 Å². The molecule has 1 aromatic heterocycles. The first kappa shape index (κ1) is 14.2. The molecule has 3 rings (SSSR count). The van der Waals surface area contributed by atoms with Crippen LogP contribution >= 0.6 is 0 Å². The summed E-state index contributed by atoms with van der Waals surface area (Å²) in [6, 6.07) is 3.66. The summed E-state index contributed by atoms with van der Waals surface area (Å²) in [4.78, 5) is 1.69. The Hall–Kier alpha value is -1.80. The van der Waals surface area contributed by atoms with Crippen LogP contribution in [-0.2, 0) is 10.0 Å². The predicted octanol–water partition coefficient (Wildman–Crippen LogP) is 1.36. The Labute approximate surface area is 122 Å². The highest BCUT2D eigenvalue weighted by molar-refractivity contribution is 7.89. The summed E-state index contributed by atoms with van der Waals surface area (Å²) in [6.07, 6.45) is 3.80. The van der Waals surface area contributed by atoms with Gasteiger partial charge in [0.25, 0.3) is 0 Å². The minimum Gasteiger partial charge on any atom is -0.207 e. The Balaban J connectivity index is 1.86. The molecule has 0 radical (unpaired) electrons. The second-order valence-electron chi connectivity index (χ2n) is 5.06. The number of halogens is 1. The Kier molecular flexibility index (Phi) is 3.50. The second-order valence-corrected chi connectivity index (χ2v) is 6.97. The molecule has 0 bridgehead atoms. The topological polar surface area (TPSA) is 68.1 Å². The van der Waals surface area contributed by atoms with Crippen LogP contribution in [0.1, 0.15) is 18.0 Å². The van der Waals surface area contributed by atoms with Gasteiger partial charge in [-0.1, -0.05) is 0 Å². The summed E-state index contributed by atoms with van der Waals surface area (Å²) in [5.41, 5.74) is 0.413. The lowest BCUT2D eigenvalue weighted by molar-refractivity contribution is 0.402. The minimum absolute atomic E-state index is 0.0597. The predicted molar refractivity (Wildman–Crippen MR) is 73.6 cm³/mol. The van der Waals surface area contributed by atoms with Gasteiger partial charge in [0.2, 0.25) is 10.0 Å². The number of aromatic nitrogens is 3. The van der Waals surface area contributed by atoms with Crippen molar-refractivity contribution in [3.05, 3.63) is 42.0 Å². The summed E-state index contributed by atoms with van der Waals surface area (Å²) < 4.78 is 39.8. The molecule has 8 heteroatoms. The highest BCUT2D eigenvalue weighted by Crippen LogP contribution is 2.28. The number of rotatable bonds is 3. The monoisotopic (exact) mass is 310 g/mol. The van der Waals surface area contributed by atoms with Crippen LogP contribution in [0, 0.1) is 12.7 Å². The van der Waals surface area contributed by atoms with Gasteiger partial charge < -0.3 is 0 Å². The van der Waals surface area contributed by atoms with Crippen molar-refractivity contribution < 1.29 is 12.8 Å².